The molecular formula is C15H19ClF3N3O. The largest absolute Gasteiger partial charge is 0.418 e. The molecule has 1 N–H and O–H groups in total. The average Bonchev–Trinajstić information content (AvgIpc) is 2.48. The Kier molecular flexibility index (Phi) is 5.41. The van der Waals surface area contributed by atoms with Crippen LogP contribution in [0.15, 0.2) is 18.2 Å². The van der Waals surface area contributed by atoms with Gasteiger partial charge in [-0.2, -0.15) is 13.2 Å². The van der Waals surface area contributed by atoms with Crippen LogP contribution in [-0.2, 0) is 6.18 Å². The summed E-state index contributed by atoms with van der Waals surface area (Å²) in [6.45, 7) is 6.52. The highest BCUT2D eigenvalue weighted by atomic mass is 35.5. The molecular weight excluding hydrogens is 331 g/mol. The van der Waals surface area contributed by atoms with E-state index in [1.165, 1.54) is 17.0 Å². The number of hydrogen-bond acceptors (Lipinski definition) is 2. The van der Waals surface area contributed by atoms with Crippen molar-refractivity contribution >= 4 is 23.3 Å². The Hall–Kier alpha value is -1.47. The minimum Gasteiger partial charge on any atom is -0.322 e. The van der Waals surface area contributed by atoms with Gasteiger partial charge in [0.1, 0.15) is 0 Å². The number of hydrogen-bond donors (Lipinski definition) is 1. The number of carbonyl (C=O) groups is 1. The molecule has 1 aromatic rings. The molecule has 0 aliphatic carbocycles. The van der Waals surface area contributed by atoms with Crippen molar-refractivity contribution in [2.45, 2.75) is 26.1 Å². The molecule has 0 radical (unpaired) electrons. The van der Waals surface area contributed by atoms with Crippen molar-refractivity contribution in [2.75, 3.05) is 31.5 Å². The van der Waals surface area contributed by atoms with Crippen LogP contribution in [-0.4, -0.2) is 48.1 Å². The highest BCUT2D eigenvalue weighted by Crippen LogP contribution is 2.36. The maximum Gasteiger partial charge on any atom is 0.418 e. The summed E-state index contributed by atoms with van der Waals surface area (Å²) in [5.74, 6) is 0. The van der Waals surface area contributed by atoms with E-state index < -0.39 is 17.8 Å². The van der Waals surface area contributed by atoms with E-state index in [0.717, 1.165) is 6.07 Å². The van der Waals surface area contributed by atoms with E-state index in [2.05, 4.69) is 24.1 Å². The van der Waals surface area contributed by atoms with Crippen molar-refractivity contribution in [1.82, 2.24) is 9.80 Å². The average molecular weight is 350 g/mol. The summed E-state index contributed by atoms with van der Waals surface area (Å²) < 4.78 is 39.1. The molecule has 4 nitrogen and oxygen atoms in total. The second-order valence-electron chi connectivity index (χ2n) is 5.73. The van der Waals surface area contributed by atoms with Gasteiger partial charge in [-0.25, -0.2) is 4.79 Å². The number of amides is 2. The topological polar surface area (TPSA) is 35.6 Å². The third-order valence-electron chi connectivity index (χ3n) is 3.86. The van der Waals surface area contributed by atoms with E-state index in [9.17, 15) is 18.0 Å². The van der Waals surface area contributed by atoms with Crippen LogP contribution < -0.4 is 5.32 Å². The second-order valence-corrected chi connectivity index (χ2v) is 6.17. The first kappa shape index (κ1) is 17.9. The van der Waals surface area contributed by atoms with Gasteiger partial charge in [0, 0.05) is 37.2 Å². The van der Waals surface area contributed by atoms with E-state index in [1.807, 2.05) is 0 Å². The van der Waals surface area contributed by atoms with Crippen molar-refractivity contribution < 1.29 is 18.0 Å². The Bertz CT molecular complexity index is 570. The number of urea groups is 1. The molecule has 23 heavy (non-hydrogen) atoms. The van der Waals surface area contributed by atoms with Crippen molar-refractivity contribution in [3.8, 4) is 0 Å². The number of rotatable bonds is 2. The normalized spacial score (nSPS) is 16.7. The van der Waals surface area contributed by atoms with Gasteiger partial charge in [0.05, 0.1) is 11.3 Å². The van der Waals surface area contributed by atoms with E-state index in [1.54, 1.807) is 0 Å². The molecule has 1 aromatic carbocycles. The molecule has 8 heteroatoms. The third kappa shape index (κ3) is 4.51. The van der Waals surface area contributed by atoms with Gasteiger partial charge < -0.3 is 10.2 Å². The predicted molar refractivity (Wildman–Crippen MR) is 83.8 cm³/mol. The first-order chi connectivity index (χ1) is 10.7. The van der Waals surface area contributed by atoms with Crippen molar-refractivity contribution in [3.05, 3.63) is 28.8 Å². The molecule has 1 aliphatic rings. The first-order valence-corrected chi connectivity index (χ1v) is 7.73. The summed E-state index contributed by atoms with van der Waals surface area (Å²) in [6, 6.07) is 3.17. The first-order valence-electron chi connectivity index (χ1n) is 7.35. The van der Waals surface area contributed by atoms with Crippen LogP contribution in [0.5, 0.6) is 0 Å². The van der Waals surface area contributed by atoms with Crippen molar-refractivity contribution in [3.63, 3.8) is 0 Å². The highest BCUT2D eigenvalue weighted by Gasteiger charge is 2.34. The summed E-state index contributed by atoms with van der Waals surface area (Å²) in [5.41, 5.74) is -1.22. The molecule has 1 aliphatic heterocycles. The zero-order valence-electron chi connectivity index (χ0n) is 13.0. The lowest BCUT2D eigenvalue weighted by Gasteiger charge is -2.36. The molecule has 1 saturated heterocycles. The minimum absolute atomic E-state index is 0.0270. The fourth-order valence-electron chi connectivity index (χ4n) is 2.50. The molecule has 0 atom stereocenters. The maximum atomic E-state index is 13.0. The Morgan fingerprint density at radius 1 is 1.22 bits per heavy atom. The Morgan fingerprint density at radius 2 is 1.83 bits per heavy atom. The van der Waals surface area contributed by atoms with Crippen LogP contribution >= 0.6 is 11.6 Å². The molecule has 2 amide bonds. The number of benzene rings is 1. The number of alkyl halides is 3. The molecule has 0 unspecified atom stereocenters. The van der Waals surface area contributed by atoms with Crippen LogP contribution in [0.2, 0.25) is 5.02 Å². The van der Waals surface area contributed by atoms with Crippen LogP contribution in [0.3, 0.4) is 0 Å². The Balaban J connectivity index is 2.07. The molecule has 0 saturated carbocycles. The summed E-state index contributed by atoms with van der Waals surface area (Å²) in [6.07, 6.45) is -4.58. The second kappa shape index (κ2) is 6.97. The van der Waals surface area contributed by atoms with Gasteiger partial charge >= 0.3 is 12.2 Å². The molecule has 2 rings (SSSR count). The number of nitrogens with one attached hydrogen (secondary N) is 1. The Labute approximate surface area is 138 Å². The summed E-state index contributed by atoms with van der Waals surface area (Å²) in [7, 11) is 0. The molecule has 1 fully saturated rings. The number of piperazine rings is 1. The molecule has 128 valence electrons. The van der Waals surface area contributed by atoms with Gasteiger partial charge in [-0.1, -0.05) is 11.6 Å². The van der Waals surface area contributed by atoms with Crippen LogP contribution in [0.25, 0.3) is 0 Å². The number of nitrogens with zero attached hydrogens (tertiary/aromatic N) is 2. The lowest BCUT2D eigenvalue weighted by atomic mass is 10.1. The minimum atomic E-state index is -4.58. The van der Waals surface area contributed by atoms with Gasteiger partial charge in [-0.05, 0) is 32.0 Å². The highest BCUT2D eigenvalue weighted by molar-refractivity contribution is 6.30. The fraction of sp³-hybridized carbons (Fsp3) is 0.533. The molecule has 0 aromatic heterocycles. The maximum absolute atomic E-state index is 13.0. The third-order valence-corrected chi connectivity index (χ3v) is 4.10. The summed E-state index contributed by atoms with van der Waals surface area (Å²) >= 11 is 5.63. The van der Waals surface area contributed by atoms with E-state index >= 15 is 0 Å². The molecule has 1 heterocycles. The zero-order valence-corrected chi connectivity index (χ0v) is 13.7. The van der Waals surface area contributed by atoms with Crippen LogP contribution in [0, 0.1) is 0 Å². The number of carbonyl (C=O) groups excluding carboxylic acids is 1. The SMILES string of the molecule is CC(C)N1CCN(C(=O)Nc2ccc(Cl)cc2C(F)(F)F)CC1. The quantitative estimate of drug-likeness (QED) is 0.878. The monoisotopic (exact) mass is 349 g/mol. The van der Waals surface area contributed by atoms with Crippen LogP contribution in [0.1, 0.15) is 19.4 Å². The van der Waals surface area contributed by atoms with E-state index in [0.29, 0.717) is 32.2 Å². The van der Waals surface area contributed by atoms with Crippen molar-refractivity contribution in [1.29, 1.82) is 0 Å². The fourth-order valence-corrected chi connectivity index (χ4v) is 2.67. The van der Waals surface area contributed by atoms with Crippen LogP contribution in [0.4, 0.5) is 23.7 Å². The molecule has 0 bridgehead atoms. The summed E-state index contributed by atoms with van der Waals surface area (Å²) in [5, 5.41) is 2.32. The zero-order chi connectivity index (χ0) is 17.2. The lowest BCUT2D eigenvalue weighted by Crippen LogP contribution is -2.51. The van der Waals surface area contributed by atoms with E-state index in [-0.39, 0.29) is 10.7 Å². The van der Waals surface area contributed by atoms with Gasteiger partial charge in [0.2, 0.25) is 0 Å². The predicted octanol–water partition coefficient (Wildman–Crippen LogP) is 3.92. The Morgan fingerprint density at radius 3 is 2.35 bits per heavy atom. The number of anilines is 1. The lowest BCUT2D eigenvalue weighted by molar-refractivity contribution is -0.136. The smallest absolute Gasteiger partial charge is 0.322 e. The van der Waals surface area contributed by atoms with Crippen molar-refractivity contribution in [2.24, 2.45) is 0 Å². The van der Waals surface area contributed by atoms with E-state index in [4.69, 9.17) is 11.6 Å². The number of halogens is 4. The van der Waals surface area contributed by atoms with Gasteiger partial charge in [0.25, 0.3) is 0 Å². The molecule has 0 spiro atoms. The van der Waals surface area contributed by atoms with Gasteiger partial charge in [0.15, 0.2) is 0 Å². The van der Waals surface area contributed by atoms with Gasteiger partial charge in [-0.3, -0.25) is 4.90 Å². The summed E-state index contributed by atoms with van der Waals surface area (Å²) in [4.78, 5) is 15.9. The standard InChI is InChI=1S/C15H19ClF3N3O/c1-10(2)21-5-7-22(8-6-21)14(23)20-13-4-3-11(16)9-12(13)15(17,18)19/h3-4,9-10H,5-8H2,1-2H3,(H,20,23). The van der Waals surface area contributed by atoms with Gasteiger partial charge in [-0.15, -0.1) is 0 Å².